The third-order valence-electron chi connectivity index (χ3n) is 2.48. The summed E-state index contributed by atoms with van der Waals surface area (Å²) in [6.45, 7) is 2.68. The summed E-state index contributed by atoms with van der Waals surface area (Å²) in [7, 11) is 0. The zero-order valence-corrected chi connectivity index (χ0v) is 10.9. The van der Waals surface area contributed by atoms with Gasteiger partial charge in [0.15, 0.2) is 5.69 Å². The zero-order chi connectivity index (χ0) is 14.3. The Hall–Kier alpha value is -1.96. The number of rotatable bonds is 8. The number of hydrogen-bond donors (Lipinski definition) is 3. The summed E-state index contributed by atoms with van der Waals surface area (Å²) in [5, 5.41) is 18.5. The van der Waals surface area contributed by atoms with Crippen molar-refractivity contribution >= 4 is 11.9 Å². The lowest BCUT2D eigenvalue weighted by Crippen LogP contribution is -2.27. The number of nitrogens with zero attached hydrogens (tertiary/aromatic N) is 3. The van der Waals surface area contributed by atoms with Crippen molar-refractivity contribution < 1.29 is 14.7 Å². The fourth-order valence-electron chi connectivity index (χ4n) is 1.49. The minimum atomic E-state index is -1.12. The molecule has 1 aromatic heterocycles. The average molecular weight is 269 g/mol. The number of aromatic nitrogens is 3. The summed E-state index contributed by atoms with van der Waals surface area (Å²) in [6, 6.07) is 0.109. The molecule has 0 saturated carbocycles. The molecule has 0 saturated heterocycles. The van der Waals surface area contributed by atoms with Gasteiger partial charge < -0.3 is 16.2 Å². The second-order valence-corrected chi connectivity index (χ2v) is 4.39. The van der Waals surface area contributed by atoms with Gasteiger partial charge in [0.25, 0.3) is 0 Å². The van der Waals surface area contributed by atoms with Crippen molar-refractivity contribution in [2.24, 2.45) is 5.73 Å². The van der Waals surface area contributed by atoms with Crippen molar-refractivity contribution in [3.63, 3.8) is 0 Å². The lowest BCUT2D eigenvalue weighted by atomic mass is 10.1. The maximum atomic E-state index is 11.4. The molecular formula is C11H19N5O3. The summed E-state index contributed by atoms with van der Waals surface area (Å²) >= 11 is 0. The van der Waals surface area contributed by atoms with E-state index in [-0.39, 0.29) is 17.6 Å². The summed E-state index contributed by atoms with van der Waals surface area (Å²) in [5.41, 5.74) is 5.48. The number of nitrogens with one attached hydrogen (secondary N) is 1. The first-order valence-corrected chi connectivity index (χ1v) is 6.14. The van der Waals surface area contributed by atoms with E-state index in [1.807, 2.05) is 6.92 Å². The average Bonchev–Trinajstić information content (AvgIpc) is 2.77. The van der Waals surface area contributed by atoms with Crippen molar-refractivity contribution in [2.75, 3.05) is 6.54 Å². The third kappa shape index (κ3) is 5.96. The third-order valence-corrected chi connectivity index (χ3v) is 2.48. The van der Waals surface area contributed by atoms with Crippen LogP contribution in [0.2, 0.25) is 0 Å². The van der Waals surface area contributed by atoms with Gasteiger partial charge in [-0.25, -0.2) is 9.48 Å². The molecule has 0 bridgehead atoms. The smallest absolute Gasteiger partial charge is 0.358 e. The summed E-state index contributed by atoms with van der Waals surface area (Å²) in [6.07, 6.45) is 3.35. The molecule has 106 valence electrons. The van der Waals surface area contributed by atoms with Crippen LogP contribution in [0.5, 0.6) is 0 Å². The molecule has 1 amide bonds. The predicted octanol–water partition coefficient (Wildman–Crippen LogP) is -0.390. The standard InChI is InChI=1S/C11H19N5O3/c1-8(12)3-2-4-10(17)13-5-6-16-7-9(11(18)19)14-15-16/h7-8H,2-6,12H2,1H3,(H,13,17)(H,18,19). The number of nitrogens with two attached hydrogens (primary N) is 1. The van der Waals surface area contributed by atoms with Gasteiger partial charge in [-0.2, -0.15) is 0 Å². The molecule has 0 radical (unpaired) electrons. The highest BCUT2D eigenvalue weighted by Crippen LogP contribution is 1.98. The highest BCUT2D eigenvalue weighted by atomic mass is 16.4. The Kier molecular flexibility index (Phi) is 5.94. The Morgan fingerprint density at radius 3 is 2.89 bits per heavy atom. The van der Waals surface area contributed by atoms with Gasteiger partial charge >= 0.3 is 5.97 Å². The second kappa shape index (κ2) is 7.47. The molecule has 0 aliphatic rings. The van der Waals surface area contributed by atoms with Crippen molar-refractivity contribution in [3.05, 3.63) is 11.9 Å². The van der Waals surface area contributed by atoms with Gasteiger partial charge in [-0.05, 0) is 19.8 Å². The van der Waals surface area contributed by atoms with Crippen molar-refractivity contribution in [2.45, 2.75) is 38.8 Å². The van der Waals surface area contributed by atoms with E-state index in [9.17, 15) is 9.59 Å². The first kappa shape index (κ1) is 15.1. The van der Waals surface area contributed by atoms with Gasteiger partial charge in [0, 0.05) is 19.0 Å². The van der Waals surface area contributed by atoms with Crippen molar-refractivity contribution in [1.82, 2.24) is 20.3 Å². The SMILES string of the molecule is CC(N)CCCC(=O)NCCn1cc(C(=O)O)nn1. The molecule has 1 aromatic rings. The normalized spacial score (nSPS) is 12.1. The lowest BCUT2D eigenvalue weighted by Gasteiger charge is -2.06. The summed E-state index contributed by atoms with van der Waals surface area (Å²) in [4.78, 5) is 22.0. The number of carboxylic acid groups (broad SMARTS) is 1. The van der Waals surface area contributed by atoms with Crippen LogP contribution in [0.15, 0.2) is 6.20 Å². The maximum absolute atomic E-state index is 11.4. The number of carbonyl (C=O) groups excluding carboxylic acids is 1. The van der Waals surface area contributed by atoms with Crippen LogP contribution in [-0.2, 0) is 11.3 Å². The highest BCUT2D eigenvalue weighted by Gasteiger charge is 2.08. The fourth-order valence-corrected chi connectivity index (χ4v) is 1.49. The first-order valence-electron chi connectivity index (χ1n) is 6.14. The van der Waals surface area contributed by atoms with Crippen LogP contribution in [0.3, 0.4) is 0 Å². The molecule has 0 aliphatic carbocycles. The Bertz CT molecular complexity index is 430. The minimum Gasteiger partial charge on any atom is -0.476 e. The number of carboxylic acids is 1. The minimum absolute atomic E-state index is 0.0424. The van der Waals surface area contributed by atoms with Crippen LogP contribution in [0, 0.1) is 0 Å². The number of hydrogen-bond acceptors (Lipinski definition) is 5. The van der Waals surface area contributed by atoms with Gasteiger partial charge in [-0.15, -0.1) is 5.10 Å². The van der Waals surface area contributed by atoms with Gasteiger partial charge in [-0.1, -0.05) is 5.21 Å². The monoisotopic (exact) mass is 269 g/mol. The summed E-state index contributed by atoms with van der Waals surface area (Å²) < 4.78 is 1.38. The van der Waals surface area contributed by atoms with E-state index in [4.69, 9.17) is 10.8 Å². The van der Waals surface area contributed by atoms with E-state index in [0.29, 0.717) is 19.5 Å². The fraction of sp³-hybridized carbons (Fsp3) is 0.636. The highest BCUT2D eigenvalue weighted by molar-refractivity contribution is 5.84. The molecule has 4 N–H and O–H groups in total. The largest absolute Gasteiger partial charge is 0.476 e. The Morgan fingerprint density at radius 2 is 2.32 bits per heavy atom. The topological polar surface area (TPSA) is 123 Å². The molecule has 1 atom stereocenters. The first-order chi connectivity index (χ1) is 8.99. The summed E-state index contributed by atoms with van der Waals surface area (Å²) in [5.74, 6) is -1.16. The lowest BCUT2D eigenvalue weighted by molar-refractivity contribution is -0.121. The molecule has 1 unspecified atom stereocenters. The number of amides is 1. The maximum Gasteiger partial charge on any atom is 0.358 e. The molecule has 1 heterocycles. The Morgan fingerprint density at radius 1 is 1.58 bits per heavy atom. The van der Waals surface area contributed by atoms with E-state index < -0.39 is 5.97 Å². The van der Waals surface area contributed by atoms with Crippen LogP contribution < -0.4 is 11.1 Å². The zero-order valence-electron chi connectivity index (χ0n) is 10.9. The molecule has 19 heavy (non-hydrogen) atoms. The van der Waals surface area contributed by atoms with Crippen LogP contribution >= 0.6 is 0 Å². The molecule has 1 rings (SSSR count). The van der Waals surface area contributed by atoms with E-state index in [1.165, 1.54) is 10.9 Å². The van der Waals surface area contributed by atoms with Gasteiger partial charge in [0.2, 0.25) is 5.91 Å². The number of aromatic carboxylic acids is 1. The Labute approximate surface area is 111 Å². The molecule has 8 heteroatoms. The van der Waals surface area contributed by atoms with E-state index >= 15 is 0 Å². The molecular weight excluding hydrogens is 250 g/mol. The number of carbonyl (C=O) groups is 2. The van der Waals surface area contributed by atoms with Gasteiger partial charge in [0.05, 0.1) is 12.7 Å². The van der Waals surface area contributed by atoms with Crippen LogP contribution in [-0.4, -0.2) is 44.6 Å². The molecule has 8 nitrogen and oxygen atoms in total. The van der Waals surface area contributed by atoms with Crippen LogP contribution in [0.1, 0.15) is 36.7 Å². The van der Waals surface area contributed by atoms with Crippen molar-refractivity contribution in [3.8, 4) is 0 Å². The molecule has 0 spiro atoms. The van der Waals surface area contributed by atoms with Crippen LogP contribution in [0.25, 0.3) is 0 Å². The van der Waals surface area contributed by atoms with Crippen LogP contribution in [0.4, 0.5) is 0 Å². The molecule has 0 aromatic carbocycles. The predicted molar refractivity (Wildman–Crippen MR) is 67.5 cm³/mol. The molecule has 0 fully saturated rings. The molecule has 0 aliphatic heterocycles. The van der Waals surface area contributed by atoms with E-state index in [2.05, 4.69) is 15.6 Å². The van der Waals surface area contributed by atoms with Crippen molar-refractivity contribution in [1.29, 1.82) is 0 Å². The van der Waals surface area contributed by atoms with E-state index in [0.717, 1.165) is 12.8 Å². The second-order valence-electron chi connectivity index (χ2n) is 4.39. The van der Waals surface area contributed by atoms with Gasteiger partial charge in [0.1, 0.15) is 0 Å². The Balaban J connectivity index is 2.18. The van der Waals surface area contributed by atoms with E-state index in [1.54, 1.807) is 0 Å². The van der Waals surface area contributed by atoms with Gasteiger partial charge in [-0.3, -0.25) is 4.79 Å². The quantitative estimate of drug-likeness (QED) is 0.590.